The fourth-order valence-corrected chi connectivity index (χ4v) is 3.51. The number of Topliss-reactive ketones (excluding diaryl/α,β-unsaturated/α-hetero) is 1. The van der Waals surface area contributed by atoms with Gasteiger partial charge in [0, 0.05) is 12.3 Å². The minimum absolute atomic E-state index is 0.101. The largest absolute Gasteiger partial charge is 0.365 e. The van der Waals surface area contributed by atoms with Crippen molar-refractivity contribution in [2.45, 2.75) is 65.1 Å². The molecule has 0 bridgehead atoms. The lowest BCUT2D eigenvalue weighted by atomic mass is 9.88. The molecule has 5 nitrogen and oxygen atoms in total. The average Bonchev–Trinajstić information content (AvgIpc) is 2.93. The molecule has 2 rings (SSSR count). The fraction of sp³-hybridized carbons (Fsp3) is 0.688. The van der Waals surface area contributed by atoms with Gasteiger partial charge in [-0.2, -0.15) is 0 Å². The molecular weight excluding hydrogens is 300 g/mol. The van der Waals surface area contributed by atoms with Crippen LogP contribution in [-0.4, -0.2) is 28.9 Å². The number of aromatic nitrogens is 1. The Balaban J connectivity index is 1.91. The molecule has 122 valence electrons. The summed E-state index contributed by atoms with van der Waals surface area (Å²) in [6, 6.07) is 0. The molecule has 3 unspecified atom stereocenters. The van der Waals surface area contributed by atoms with Crippen molar-refractivity contribution in [3.05, 3.63) is 11.1 Å². The van der Waals surface area contributed by atoms with Crippen LogP contribution in [0.15, 0.2) is 5.38 Å². The van der Waals surface area contributed by atoms with Gasteiger partial charge in [0.25, 0.3) is 5.91 Å². The minimum Gasteiger partial charge on any atom is -0.365 e. The number of amides is 1. The highest BCUT2D eigenvalue weighted by Crippen LogP contribution is 2.27. The molecule has 0 saturated heterocycles. The lowest BCUT2D eigenvalue weighted by molar-refractivity contribution is -0.133. The first kappa shape index (κ1) is 17.1. The topological polar surface area (TPSA) is 68.3 Å². The first-order valence-electron chi connectivity index (χ1n) is 7.92. The highest BCUT2D eigenvalue weighted by molar-refractivity contribution is 7.14. The Labute approximate surface area is 135 Å². The molecule has 1 aliphatic carbocycles. The second-order valence-corrected chi connectivity index (χ2v) is 6.87. The van der Waals surface area contributed by atoms with Crippen LogP contribution in [0.5, 0.6) is 0 Å². The maximum absolute atomic E-state index is 12.3. The number of nitrogens with zero attached hydrogens (tertiary/aromatic N) is 1. The van der Waals surface area contributed by atoms with Crippen molar-refractivity contribution in [3.8, 4) is 0 Å². The number of hydrogen-bond donors (Lipinski definition) is 1. The van der Waals surface area contributed by atoms with Gasteiger partial charge in [-0.1, -0.05) is 26.7 Å². The third-order valence-electron chi connectivity index (χ3n) is 4.00. The third-order valence-corrected chi connectivity index (χ3v) is 4.76. The molecule has 22 heavy (non-hydrogen) atoms. The summed E-state index contributed by atoms with van der Waals surface area (Å²) < 4.78 is 6.00. The SMILES string of the molecule is CCC(OC1CCCC(C)C1)C(=O)Nc1nc(C(C)=O)cs1. The normalized spacial score (nSPS) is 23.0. The van der Waals surface area contributed by atoms with Gasteiger partial charge in [-0.05, 0) is 25.2 Å². The molecule has 1 fully saturated rings. The summed E-state index contributed by atoms with van der Waals surface area (Å²) in [6.07, 6.45) is 4.80. The number of carbonyl (C=O) groups is 2. The summed E-state index contributed by atoms with van der Waals surface area (Å²) in [5.74, 6) is 0.387. The van der Waals surface area contributed by atoms with Crippen LogP contribution in [0.2, 0.25) is 0 Å². The van der Waals surface area contributed by atoms with Crippen LogP contribution in [0.1, 0.15) is 63.4 Å². The number of ketones is 1. The summed E-state index contributed by atoms with van der Waals surface area (Å²) in [4.78, 5) is 27.7. The highest BCUT2D eigenvalue weighted by atomic mass is 32.1. The minimum atomic E-state index is -0.458. The lowest BCUT2D eigenvalue weighted by Gasteiger charge is -2.29. The summed E-state index contributed by atoms with van der Waals surface area (Å²) in [6.45, 7) is 5.64. The van der Waals surface area contributed by atoms with Crippen molar-refractivity contribution in [2.75, 3.05) is 5.32 Å². The average molecular weight is 324 g/mol. The first-order valence-corrected chi connectivity index (χ1v) is 8.80. The van der Waals surface area contributed by atoms with Gasteiger partial charge in [0.05, 0.1) is 6.10 Å². The van der Waals surface area contributed by atoms with Crippen molar-refractivity contribution in [1.82, 2.24) is 4.98 Å². The van der Waals surface area contributed by atoms with Gasteiger partial charge >= 0.3 is 0 Å². The van der Waals surface area contributed by atoms with Gasteiger partial charge in [0.1, 0.15) is 11.8 Å². The van der Waals surface area contributed by atoms with Crippen molar-refractivity contribution in [1.29, 1.82) is 0 Å². The van der Waals surface area contributed by atoms with Crippen LogP contribution in [0, 0.1) is 5.92 Å². The summed E-state index contributed by atoms with van der Waals surface area (Å²) >= 11 is 1.26. The van der Waals surface area contributed by atoms with E-state index in [2.05, 4.69) is 17.2 Å². The molecule has 1 aliphatic rings. The molecule has 1 heterocycles. The van der Waals surface area contributed by atoms with Crippen molar-refractivity contribution >= 4 is 28.2 Å². The monoisotopic (exact) mass is 324 g/mol. The number of hydrogen-bond acceptors (Lipinski definition) is 5. The first-order chi connectivity index (χ1) is 10.5. The predicted octanol–water partition coefficient (Wildman–Crippen LogP) is 3.66. The molecule has 1 N–H and O–H groups in total. The fourth-order valence-electron chi connectivity index (χ4n) is 2.76. The van der Waals surface area contributed by atoms with Crippen molar-refractivity contribution in [3.63, 3.8) is 0 Å². The number of rotatable bonds is 6. The summed E-state index contributed by atoms with van der Waals surface area (Å²) in [7, 11) is 0. The third kappa shape index (κ3) is 4.61. The Morgan fingerprint density at radius 1 is 1.50 bits per heavy atom. The highest BCUT2D eigenvalue weighted by Gasteiger charge is 2.26. The van der Waals surface area contributed by atoms with E-state index in [9.17, 15) is 9.59 Å². The zero-order valence-corrected chi connectivity index (χ0v) is 14.2. The molecule has 1 amide bonds. The maximum atomic E-state index is 12.3. The Morgan fingerprint density at radius 3 is 2.86 bits per heavy atom. The molecule has 0 aliphatic heterocycles. The number of anilines is 1. The van der Waals surface area contributed by atoms with Crippen LogP contribution >= 0.6 is 11.3 Å². The standard InChI is InChI=1S/C16H24N2O3S/c1-4-14(21-12-7-5-6-10(2)8-12)15(20)18-16-17-13(9-22-16)11(3)19/h9-10,12,14H,4-8H2,1-3H3,(H,17,18,20). The Bertz CT molecular complexity index is 529. The zero-order valence-electron chi connectivity index (χ0n) is 13.4. The predicted molar refractivity (Wildman–Crippen MR) is 87.3 cm³/mol. The molecule has 1 aromatic heterocycles. The maximum Gasteiger partial charge on any atom is 0.255 e. The van der Waals surface area contributed by atoms with Crippen molar-refractivity contribution in [2.24, 2.45) is 5.92 Å². The Kier molecular flexibility index (Phi) is 6.08. The second kappa shape index (κ2) is 7.83. The van der Waals surface area contributed by atoms with Crippen LogP contribution in [-0.2, 0) is 9.53 Å². The smallest absolute Gasteiger partial charge is 0.255 e. The molecule has 0 radical (unpaired) electrons. The molecule has 1 aromatic rings. The van der Waals surface area contributed by atoms with E-state index in [1.54, 1.807) is 5.38 Å². The van der Waals surface area contributed by atoms with Crippen LogP contribution in [0.25, 0.3) is 0 Å². The lowest BCUT2D eigenvalue weighted by Crippen LogP contribution is -2.35. The molecule has 6 heteroatoms. The van der Waals surface area contributed by atoms with E-state index in [-0.39, 0.29) is 17.8 Å². The van der Waals surface area contributed by atoms with Crippen LogP contribution in [0.4, 0.5) is 5.13 Å². The van der Waals surface area contributed by atoms with Gasteiger partial charge in [-0.3, -0.25) is 14.9 Å². The van der Waals surface area contributed by atoms with Gasteiger partial charge in [0.15, 0.2) is 10.9 Å². The molecule has 0 aromatic carbocycles. The van der Waals surface area contributed by atoms with Gasteiger partial charge in [0.2, 0.25) is 0 Å². The molecular formula is C16H24N2O3S. The number of thiazole rings is 1. The summed E-state index contributed by atoms with van der Waals surface area (Å²) in [5.41, 5.74) is 0.385. The zero-order chi connectivity index (χ0) is 16.1. The number of nitrogens with one attached hydrogen (secondary N) is 1. The molecule has 0 spiro atoms. The van der Waals surface area contributed by atoms with E-state index < -0.39 is 6.10 Å². The Hall–Kier alpha value is -1.27. The van der Waals surface area contributed by atoms with Gasteiger partial charge in [-0.15, -0.1) is 11.3 Å². The molecule has 1 saturated carbocycles. The van der Waals surface area contributed by atoms with E-state index in [0.29, 0.717) is 23.2 Å². The van der Waals surface area contributed by atoms with E-state index in [4.69, 9.17) is 4.74 Å². The van der Waals surface area contributed by atoms with Gasteiger partial charge in [-0.25, -0.2) is 4.98 Å². The van der Waals surface area contributed by atoms with E-state index in [1.807, 2.05) is 6.92 Å². The van der Waals surface area contributed by atoms with E-state index in [1.165, 1.54) is 31.1 Å². The van der Waals surface area contributed by atoms with Crippen LogP contribution in [0.3, 0.4) is 0 Å². The number of carbonyl (C=O) groups excluding carboxylic acids is 2. The molecule has 3 atom stereocenters. The number of ether oxygens (including phenoxy) is 1. The summed E-state index contributed by atoms with van der Waals surface area (Å²) in [5, 5.41) is 4.87. The second-order valence-electron chi connectivity index (χ2n) is 6.01. The Morgan fingerprint density at radius 2 is 2.27 bits per heavy atom. The van der Waals surface area contributed by atoms with E-state index >= 15 is 0 Å². The van der Waals surface area contributed by atoms with Crippen molar-refractivity contribution < 1.29 is 14.3 Å². The quantitative estimate of drug-likeness (QED) is 0.811. The van der Waals surface area contributed by atoms with E-state index in [0.717, 1.165) is 12.8 Å². The van der Waals surface area contributed by atoms with Gasteiger partial charge < -0.3 is 4.74 Å². The van der Waals surface area contributed by atoms with Crippen LogP contribution < -0.4 is 5.32 Å².